The number of methoxy groups -OCH3 is 1. The average Bonchev–Trinajstić information content (AvgIpc) is 4.03. The molecule has 24 heteroatoms. The summed E-state index contributed by atoms with van der Waals surface area (Å²) in [6, 6.07) is -1.60. The summed E-state index contributed by atoms with van der Waals surface area (Å²) in [5.74, 6) is -8.32. The number of carbonyl (C=O) groups excluding carboxylic acids is 8. The van der Waals surface area contributed by atoms with E-state index in [1.165, 1.54) is 29.6 Å². The number of likely N-dealkylation sites (N-methyl/N-ethyl adjacent to an activating group) is 1. The van der Waals surface area contributed by atoms with Crippen LogP contribution in [0.25, 0.3) is 0 Å². The second-order valence-corrected chi connectivity index (χ2v) is 17.5. The molecule has 1 aliphatic rings. The topological polar surface area (TPSA) is 380 Å². The van der Waals surface area contributed by atoms with Crippen molar-refractivity contribution in [3.63, 3.8) is 0 Å². The fourth-order valence-corrected chi connectivity index (χ4v) is 8.10. The van der Waals surface area contributed by atoms with Crippen molar-refractivity contribution in [1.82, 2.24) is 41.0 Å². The number of aromatic amines is 1. The number of carbonyl (C=O) groups is 8. The normalized spacial score (nSPS) is 17.4. The van der Waals surface area contributed by atoms with Crippen LogP contribution in [-0.4, -0.2) is 170 Å². The van der Waals surface area contributed by atoms with Gasteiger partial charge in [0.2, 0.25) is 41.0 Å². The third-order valence-electron chi connectivity index (χ3n) is 12.3. The molecule has 0 spiro atoms. The molecular weight excluding hydrogens is 901 g/mol. The van der Waals surface area contributed by atoms with Crippen LogP contribution in [0.1, 0.15) is 78.0 Å². The van der Waals surface area contributed by atoms with Crippen LogP contribution in [0.5, 0.6) is 5.75 Å². The predicted molar refractivity (Wildman–Crippen MR) is 250 cm³/mol. The number of likely N-dealkylation sites (tertiary alicyclic amines) is 1. The maximum atomic E-state index is 14.6. The Morgan fingerprint density at radius 2 is 1.57 bits per heavy atom. The lowest BCUT2D eigenvalue weighted by atomic mass is 9.85. The first-order valence-electron chi connectivity index (χ1n) is 22.8. The Hall–Kier alpha value is -6.66. The van der Waals surface area contributed by atoms with Crippen LogP contribution in [0, 0.1) is 11.8 Å². The molecule has 0 unspecified atom stereocenters. The zero-order chi connectivity index (χ0) is 51.7. The van der Waals surface area contributed by atoms with Gasteiger partial charge in [0.15, 0.2) is 11.7 Å². The highest BCUT2D eigenvalue weighted by molar-refractivity contribution is 6.12. The van der Waals surface area contributed by atoms with Gasteiger partial charge in [0.05, 0.1) is 25.6 Å². The first-order chi connectivity index (χ1) is 32.5. The molecule has 0 saturated carbocycles. The number of hydrogen-bond donors (Lipinski definition) is 11. The highest BCUT2D eigenvalue weighted by Gasteiger charge is 2.57. The molecule has 382 valence electrons. The van der Waals surface area contributed by atoms with E-state index in [-0.39, 0.29) is 50.5 Å². The van der Waals surface area contributed by atoms with Crippen molar-refractivity contribution in [2.45, 2.75) is 127 Å². The molecule has 1 saturated heterocycles. The van der Waals surface area contributed by atoms with Gasteiger partial charge in [-0.05, 0) is 62.1 Å². The number of Topliss-reactive ketones (excluding diaryl/α,β-unsaturated/α-hetero) is 1. The second-order valence-electron chi connectivity index (χ2n) is 17.5. The highest BCUT2D eigenvalue weighted by atomic mass is 16.5. The van der Waals surface area contributed by atoms with Gasteiger partial charge in [-0.1, -0.05) is 46.2 Å². The summed E-state index contributed by atoms with van der Waals surface area (Å²) in [7, 11) is 2.03. The van der Waals surface area contributed by atoms with Crippen LogP contribution in [0.3, 0.4) is 0 Å². The Bertz CT molecular complexity index is 2100. The molecule has 6 amide bonds. The molecule has 1 fully saturated rings. The maximum Gasteiger partial charge on any atom is 0.342 e. The SMILES string of the molecule is CC[C@H](C)[C@H](NC(=O)[C@H](Cc1ccc(O)cc1)NC(=O)[C@@H](NC(=O)[C@@H](N)CCCN=C(N)N)C(C)C)C(=O)N[C@@H](Cc1cnc[nH]1)C(=O)N1CCC[C@H]1C(=O)N(C)[C@](C(=O)CO)(C(=O)OC)[C@@H](C)O. The number of phenolic OH excluding ortho intramolecular Hbond substituents is 1. The monoisotopic (exact) mass is 971 g/mol. The highest BCUT2D eigenvalue weighted by Crippen LogP contribution is 2.28. The Morgan fingerprint density at radius 1 is 0.942 bits per heavy atom. The Balaban J connectivity index is 1.95. The van der Waals surface area contributed by atoms with Crippen LogP contribution in [0.2, 0.25) is 0 Å². The summed E-state index contributed by atoms with van der Waals surface area (Å²) in [5, 5.41) is 41.4. The number of esters is 1. The third kappa shape index (κ3) is 14.7. The Morgan fingerprint density at radius 3 is 2.12 bits per heavy atom. The average molecular weight is 971 g/mol. The van der Waals surface area contributed by atoms with Gasteiger partial charge in [0.25, 0.3) is 0 Å². The van der Waals surface area contributed by atoms with E-state index in [0.717, 1.165) is 21.1 Å². The number of aliphatic hydroxyl groups is 2. The number of phenols is 1. The summed E-state index contributed by atoms with van der Waals surface area (Å²) in [4.78, 5) is 124. The van der Waals surface area contributed by atoms with E-state index in [2.05, 4.69) is 36.2 Å². The van der Waals surface area contributed by atoms with Gasteiger partial charge in [-0.3, -0.25) is 38.6 Å². The van der Waals surface area contributed by atoms with Gasteiger partial charge >= 0.3 is 5.97 Å². The molecule has 3 rings (SSSR count). The van der Waals surface area contributed by atoms with Crippen LogP contribution in [0.4, 0.5) is 0 Å². The molecule has 1 aromatic heterocycles. The van der Waals surface area contributed by atoms with E-state index in [1.54, 1.807) is 39.8 Å². The van der Waals surface area contributed by atoms with Crippen molar-refractivity contribution in [2.75, 3.05) is 33.9 Å². The summed E-state index contributed by atoms with van der Waals surface area (Å²) in [6.45, 7) is 6.97. The van der Waals surface area contributed by atoms with E-state index < -0.39 is 114 Å². The molecule has 69 heavy (non-hydrogen) atoms. The number of H-pyrrole nitrogens is 1. The van der Waals surface area contributed by atoms with E-state index >= 15 is 0 Å². The van der Waals surface area contributed by atoms with Gasteiger partial charge in [-0.2, -0.15) is 0 Å². The van der Waals surface area contributed by atoms with E-state index in [0.29, 0.717) is 35.4 Å². The largest absolute Gasteiger partial charge is 0.508 e. The smallest absolute Gasteiger partial charge is 0.342 e. The molecule has 0 aliphatic carbocycles. The van der Waals surface area contributed by atoms with Crippen molar-refractivity contribution in [3.8, 4) is 5.75 Å². The first kappa shape index (κ1) is 56.7. The van der Waals surface area contributed by atoms with E-state index in [1.807, 2.05) is 0 Å². The summed E-state index contributed by atoms with van der Waals surface area (Å²) < 4.78 is 4.81. The standard InChI is InChI=1S/C45H70N12O12/c1-8-25(4)36(55-38(63)31(19-27-13-15-29(60)16-14-27)52-39(64)35(24(2)3)54-37(62)30(46)11-9-17-50-44(47)48)40(65)53-32(20-28-21-49-23-51-28)41(66)57-18-10-12-33(57)42(67)56(6)45(26(5)59,34(61)22-58)43(68)69-7/h13-16,21,23-26,30-33,35-36,58-60H,8-12,17-20,22,46H2,1-7H3,(H,49,51)(H,52,64)(H,53,65)(H,54,62)(H,55,63)(H4,47,48,50)/t25-,26+,30-,31-,32-,33-,35-,36-,45+/m0/s1. The molecule has 1 aliphatic heterocycles. The van der Waals surface area contributed by atoms with Gasteiger partial charge in [-0.25, -0.2) is 9.78 Å². The lowest BCUT2D eigenvalue weighted by Gasteiger charge is -2.41. The number of ether oxygens (including phenoxy) is 1. The van der Waals surface area contributed by atoms with Crippen molar-refractivity contribution < 1.29 is 58.4 Å². The number of ketones is 1. The fourth-order valence-electron chi connectivity index (χ4n) is 8.10. The van der Waals surface area contributed by atoms with Crippen LogP contribution >= 0.6 is 0 Å². The van der Waals surface area contributed by atoms with E-state index in [9.17, 15) is 53.7 Å². The number of aliphatic hydroxyl groups excluding tert-OH is 2. The number of nitrogens with one attached hydrogen (secondary N) is 5. The third-order valence-corrected chi connectivity index (χ3v) is 12.3. The van der Waals surface area contributed by atoms with Crippen LogP contribution < -0.4 is 38.5 Å². The number of nitrogens with zero attached hydrogens (tertiary/aromatic N) is 4. The van der Waals surface area contributed by atoms with Crippen molar-refractivity contribution in [2.24, 2.45) is 34.0 Å². The van der Waals surface area contributed by atoms with Crippen molar-refractivity contribution in [3.05, 3.63) is 48.0 Å². The lowest BCUT2D eigenvalue weighted by molar-refractivity contribution is -0.176. The van der Waals surface area contributed by atoms with Crippen LogP contribution in [-0.2, 0) is 55.9 Å². The maximum absolute atomic E-state index is 14.6. The number of aliphatic imine (C=N–C) groups is 1. The first-order valence-corrected chi connectivity index (χ1v) is 22.8. The number of rotatable bonds is 26. The zero-order valence-electron chi connectivity index (χ0n) is 40.3. The number of nitrogens with two attached hydrogens (primary N) is 3. The number of guanidine groups is 1. The van der Waals surface area contributed by atoms with Crippen LogP contribution in [0.15, 0.2) is 41.8 Å². The molecule has 0 bridgehead atoms. The number of imidazole rings is 1. The lowest BCUT2D eigenvalue weighted by Crippen LogP contribution is -2.69. The van der Waals surface area contributed by atoms with Crippen molar-refractivity contribution >= 4 is 53.2 Å². The minimum Gasteiger partial charge on any atom is -0.508 e. The summed E-state index contributed by atoms with van der Waals surface area (Å²) in [6.07, 6.45) is 1.97. The number of benzene rings is 1. The Labute approximate surface area is 400 Å². The second kappa shape index (κ2) is 26.2. The summed E-state index contributed by atoms with van der Waals surface area (Å²) >= 11 is 0. The molecule has 2 heterocycles. The Kier molecular flexibility index (Phi) is 21.5. The number of amides is 6. The number of aromatic nitrogens is 2. The molecule has 2 aromatic rings. The molecule has 9 atom stereocenters. The molecular formula is C45H70N12O12. The number of hydrogen-bond acceptors (Lipinski definition) is 15. The van der Waals surface area contributed by atoms with Gasteiger partial charge in [0, 0.05) is 44.9 Å². The predicted octanol–water partition coefficient (Wildman–Crippen LogP) is -2.77. The number of aromatic hydroxyl groups is 1. The van der Waals surface area contributed by atoms with Gasteiger partial charge in [-0.15, -0.1) is 0 Å². The summed E-state index contributed by atoms with van der Waals surface area (Å²) in [5.41, 5.74) is 15.1. The quantitative estimate of drug-likeness (QED) is 0.0149. The minimum atomic E-state index is -2.66. The minimum absolute atomic E-state index is 0.0135. The zero-order valence-corrected chi connectivity index (χ0v) is 40.3. The van der Waals surface area contributed by atoms with Gasteiger partial charge in [0.1, 0.15) is 42.6 Å². The van der Waals surface area contributed by atoms with E-state index in [4.69, 9.17) is 21.9 Å². The molecule has 0 radical (unpaired) electrons. The fraction of sp³-hybridized carbons (Fsp3) is 0.600. The van der Waals surface area contributed by atoms with Gasteiger partial charge < -0.3 is 73.3 Å². The molecule has 1 aromatic carbocycles. The van der Waals surface area contributed by atoms with Crippen molar-refractivity contribution in [1.29, 1.82) is 0 Å². The molecule has 24 nitrogen and oxygen atoms in total. The molecule has 14 N–H and O–H groups in total.